The quantitative estimate of drug-likeness (QED) is 0.394. The zero-order valence-corrected chi connectivity index (χ0v) is 19.8. The summed E-state index contributed by atoms with van der Waals surface area (Å²) in [5, 5.41) is 3.82. The Bertz CT molecular complexity index is 1370. The van der Waals surface area contributed by atoms with Gasteiger partial charge in [-0.05, 0) is 49.6 Å². The van der Waals surface area contributed by atoms with Gasteiger partial charge in [-0.2, -0.15) is 0 Å². The lowest BCUT2D eigenvalue weighted by Crippen LogP contribution is -2.36. The van der Waals surface area contributed by atoms with Gasteiger partial charge in [-0.15, -0.1) is 0 Å². The number of ether oxygens (including phenoxy) is 2. The largest absolute Gasteiger partial charge is 0.490 e. The van der Waals surface area contributed by atoms with Crippen LogP contribution in [0.4, 0.5) is 0 Å². The van der Waals surface area contributed by atoms with E-state index in [9.17, 15) is 9.59 Å². The molecule has 0 fully saturated rings. The molecule has 0 saturated heterocycles. The van der Waals surface area contributed by atoms with Gasteiger partial charge in [0.1, 0.15) is 17.6 Å². The number of benzene rings is 2. The molecule has 8 nitrogen and oxygen atoms in total. The zero-order valence-electron chi connectivity index (χ0n) is 19.8. The Labute approximate surface area is 197 Å². The predicted molar refractivity (Wildman–Crippen MR) is 130 cm³/mol. The van der Waals surface area contributed by atoms with Crippen molar-refractivity contribution in [3.8, 4) is 11.5 Å². The fourth-order valence-electron chi connectivity index (χ4n) is 4.00. The fraction of sp³-hybridized carbons (Fsp3) is 0.346. The molecule has 0 radical (unpaired) electrons. The molecule has 1 unspecified atom stereocenters. The molecule has 1 atom stereocenters. The van der Waals surface area contributed by atoms with Crippen LogP contribution in [0.1, 0.15) is 39.3 Å². The van der Waals surface area contributed by atoms with Crippen LogP contribution in [0, 0.1) is 5.92 Å². The third-order valence-electron chi connectivity index (χ3n) is 5.57. The smallest absolute Gasteiger partial charge is 0.297 e. The summed E-state index contributed by atoms with van der Waals surface area (Å²) in [5.41, 5.74) is 1.73. The summed E-state index contributed by atoms with van der Waals surface area (Å²) in [6, 6.07) is 12.7. The molecule has 0 bridgehead atoms. The minimum Gasteiger partial charge on any atom is -0.490 e. The molecule has 178 valence electrons. The summed E-state index contributed by atoms with van der Waals surface area (Å²) in [5.74, 6) is 1.10. The van der Waals surface area contributed by atoms with Crippen LogP contribution in [-0.4, -0.2) is 28.7 Å². The van der Waals surface area contributed by atoms with E-state index in [4.69, 9.17) is 13.9 Å². The second-order valence-corrected chi connectivity index (χ2v) is 8.31. The van der Waals surface area contributed by atoms with E-state index in [1.807, 2.05) is 64.1 Å². The molecule has 8 heteroatoms. The summed E-state index contributed by atoms with van der Waals surface area (Å²) in [6.07, 6.45) is 1.39. The minimum absolute atomic E-state index is 0.101. The van der Waals surface area contributed by atoms with Crippen LogP contribution in [-0.2, 0) is 11.3 Å². The van der Waals surface area contributed by atoms with Gasteiger partial charge in [-0.25, -0.2) is 4.98 Å². The van der Waals surface area contributed by atoms with Gasteiger partial charge in [0.05, 0.1) is 25.6 Å². The van der Waals surface area contributed by atoms with E-state index in [0.29, 0.717) is 35.8 Å². The highest BCUT2D eigenvalue weighted by atomic mass is 16.5. The number of aromatic nitrogens is 2. The van der Waals surface area contributed by atoms with Crippen LogP contribution in [0.3, 0.4) is 0 Å². The lowest BCUT2D eigenvalue weighted by atomic mass is 9.95. The molecule has 0 spiro atoms. The first-order valence-corrected chi connectivity index (χ1v) is 11.5. The van der Waals surface area contributed by atoms with Crippen molar-refractivity contribution in [2.45, 2.75) is 40.3 Å². The number of para-hydroxylation sites is 1. The Morgan fingerprint density at radius 2 is 1.82 bits per heavy atom. The number of rotatable bonds is 9. The number of carbonyl (C=O) groups excluding carboxylic acids is 1. The van der Waals surface area contributed by atoms with Crippen LogP contribution in [0.25, 0.3) is 22.1 Å². The molecule has 2 aromatic heterocycles. The third-order valence-corrected chi connectivity index (χ3v) is 5.57. The molecule has 0 aliphatic rings. The highest BCUT2D eigenvalue weighted by Crippen LogP contribution is 2.33. The topological polar surface area (TPSA) is 95.6 Å². The summed E-state index contributed by atoms with van der Waals surface area (Å²) in [6.45, 7) is 8.74. The summed E-state index contributed by atoms with van der Waals surface area (Å²) in [4.78, 5) is 30.3. The number of nitrogens with one attached hydrogen (secondary N) is 1. The number of furan rings is 1. The maximum absolute atomic E-state index is 13.0. The second kappa shape index (κ2) is 9.99. The average Bonchev–Trinajstić information content (AvgIpc) is 3.20. The van der Waals surface area contributed by atoms with E-state index in [-0.39, 0.29) is 30.0 Å². The Morgan fingerprint density at radius 3 is 2.56 bits per heavy atom. The van der Waals surface area contributed by atoms with Crippen LogP contribution >= 0.6 is 0 Å². The third kappa shape index (κ3) is 4.62. The highest BCUT2D eigenvalue weighted by Gasteiger charge is 2.21. The molecule has 2 heterocycles. The van der Waals surface area contributed by atoms with E-state index in [1.165, 1.54) is 10.9 Å². The van der Waals surface area contributed by atoms with E-state index < -0.39 is 5.56 Å². The van der Waals surface area contributed by atoms with Crippen molar-refractivity contribution in [2.75, 3.05) is 13.2 Å². The van der Waals surface area contributed by atoms with E-state index in [0.717, 1.165) is 10.9 Å². The Hall–Kier alpha value is -3.81. The lowest BCUT2D eigenvalue weighted by molar-refractivity contribution is -0.122. The Balaban J connectivity index is 1.57. The maximum Gasteiger partial charge on any atom is 0.297 e. The Kier molecular flexibility index (Phi) is 6.86. The van der Waals surface area contributed by atoms with Crippen LogP contribution < -0.4 is 20.3 Å². The number of hydrogen-bond acceptors (Lipinski definition) is 6. The fourth-order valence-corrected chi connectivity index (χ4v) is 4.00. The van der Waals surface area contributed by atoms with Crippen LogP contribution in [0.5, 0.6) is 11.5 Å². The highest BCUT2D eigenvalue weighted by molar-refractivity contribution is 6.01. The summed E-state index contributed by atoms with van der Waals surface area (Å²) < 4.78 is 18.4. The first-order valence-electron chi connectivity index (χ1n) is 11.5. The van der Waals surface area contributed by atoms with Crippen molar-refractivity contribution in [3.05, 3.63) is 64.7 Å². The van der Waals surface area contributed by atoms with E-state index in [2.05, 4.69) is 10.3 Å². The van der Waals surface area contributed by atoms with E-state index in [1.54, 1.807) is 6.07 Å². The lowest BCUT2D eigenvalue weighted by Gasteiger charge is -2.24. The molecule has 2 aromatic carbocycles. The number of hydrogen-bond donors (Lipinski definition) is 1. The molecule has 1 amide bonds. The van der Waals surface area contributed by atoms with Crippen LogP contribution in [0.15, 0.2) is 58.0 Å². The molecular weight excluding hydrogens is 434 g/mol. The zero-order chi connectivity index (χ0) is 24.2. The van der Waals surface area contributed by atoms with Crippen molar-refractivity contribution in [1.29, 1.82) is 0 Å². The Morgan fingerprint density at radius 1 is 1.09 bits per heavy atom. The molecule has 4 aromatic rings. The van der Waals surface area contributed by atoms with Gasteiger partial charge in [0.15, 0.2) is 11.5 Å². The first-order chi connectivity index (χ1) is 16.4. The van der Waals surface area contributed by atoms with Gasteiger partial charge in [0.25, 0.3) is 5.56 Å². The van der Waals surface area contributed by atoms with Gasteiger partial charge >= 0.3 is 0 Å². The molecule has 4 rings (SSSR count). The van der Waals surface area contributed by atoms with Gasteiger partial charge in [0.2, 0.25) is 11.5 Å². The van der Waals surface area contributed by atoms with Crippen LogP contribution in [0.2, 0.25) is 0 Å². The van der Waals surface area contributed by atoms with Gasteiger partial charge < -0.3 is 19.2 Å². The normalized spacial score (nSPS) is 12.3. The summed E-state index contributed by atoms with van der Waals surface area (Å²) >= 11 is 0. The predicted octanol–water partition coefficient (Wildman–Crippen LogP) is 4.45. The van der Waals surface area contributed by atoms with Crippen molar-refractivity contribution >= 4 is 28.0 Å². The molecule has 1 N–H and O–H groups in total. The monoisotopic (exact) mass is 463 g/mol. The second-order valence-electron chi connectivity index (χ2n) is 8.31. The van der Waals surface area contributed by atoms with Gasteiger partial charge in [-0.1, -0.05) is 32.0 Å². The number of carbonyl (C=O) groups is 1. The maximum atomic E-state index is 13.0. The molecular formula is C26H29N3O5. The van der Waals surface area contributed by atoms with Gasteiger partial charge in [0, 0.05) is 5.39 Å². The van der Waals surface area contributed by atoms with Crippen molar-refractivity contribution in [1.82, 2.24) is 14.9 Å². The summed E-state index contributed by atoms with van der Waals surface area (Å²) in [7, 11) is 0. The standard InChI is InChI=1S/C26H29N3O5/c1-5-32-20-12-11-17(13-21(20)33-6-2)23(16(3)4)28-22(30)14-29-15-27-24-18-9-7-8-10-19(18)34-25(24)26(29)31/h7-13,15-16,23H,5-6,14H2,1-4H3,(H,28,30). The average molecular weight is 464 g/mol. The number of fused-ring (bicyclic) bond motifs is 3. The first kappa shape index (κ1) is 23.4. The van der Waals surface area contributed by atoms with Crippen molar-refractivity contribution in [2.24, 2.45) is 5.92 Å². The van der Waals surface area contributed by atoms with Crippen molar-refractivity contribution < 1.29 is 18.7 Å². The molecule has 0 aliphatic carbocycles. The van der Waals surface area contributed by atoms with Gasteiger partial charge in [-0.3, -0.25) is 14.2 Å². The SMILES string of the molecule is CCOc1ccc(C(NC(=O)Cn2cnc3c(oc4ccccc43)c2=O)C(C)C)cc1OCC. The molecule has 0 aliphatic heterocycles. The molecule has 0 saturated carbocycles. The minimum atomic E-state index is -0.392. The number of amides is 1. The van der Waals surface area contributed by atoms with E-state index >= 15 is 0 Å². The molecule has 34 heavy (non-hydrogen) atoms. The van der Waals surface area contributed by atoms with Crippen molar-refractivity contribution in [3.63, 3.8) is 0 Å². The number of nitrogens with zero attached hydrogens (tertiary/aromatic N) is 2.